The van der Waals surface area contributed by atoms with Crippen LogP contribution in [0.25, 0.3) is 0 Å². The first kappa shape index (κ1) is 16.0. The minimum absolute atomic E-state index is 0.151. The Morgan fingerprint density at radius 2 is 1.84 bits per heavy atom. The summed E-state index contributed by atoms with van der Waals surface area (Å²) in [4.78, 5) is 2.32. The van der Waals surface area contributed by atoms with E-state index in [-0.39, 0.29) is 11.9 Å². The molecule has 0 heterocycles. The van der Waals surface area contributed by atoms with Crippen LogP contribution in [0, 0.1) is 11.7 Å². The van der Waals surface area contributed by atoms with Crippen LogP contribution >= 0.6 is 0 Å². The van der Waals surface area contributed by atoms with Crippen molar-refractivity contribution in [3.63, 3.8) is 0 Å². The predicted molar refractivity (Wildman–Crippen MR) is 81.0 cm³/mol. The summed E-state index contributed by atoms with van der Waals surface area (Å²) in [7, 11) is 0. The van der Waals surface area contributed by atoms with Gasteiger partial charge in [-0.25, -0.2) is 4.39 Å². The van der Waals surface area contributed by atoms with Gasteiger partial charge in [-0.05, 0) is 43.5 Å². The molecule has 3 heteroatoms. The Morgan fingerprint density at radius 3 is 2.32 bits per heavy atom. The Bertz CT molecular complexity index is 386. The number of halogens is 1. The maximum Gasteiger partial charge on any atom is 0.123 e. The molecule has 0 unspecified atom stereocenters. The fraction of sp³-hybridized carbons (Fsp3) is 0.625. The summed E-state index contributed by atoms with van der Waals surface area (Å²) in [6, 6.07) is 4.80. The van der Waals surface area contributed by atoms with E-state index in [0.717, 1.165) is 24.3 Å². The topological polar surface area (TPSA) is 29.3 Å². The molecule has 1 atom stereocenters. The van der Waals surface area contributed by atoms with Gasteiger partial charge in [-0.2, -0.15) is 0 Å². The van der Waals surface area contributed by atoms with Crippen LogP contribution in [0.5, 0.6) is 0 Å². The lowest BCUT2D eigenvalue weighted by atomic mass is 10.0. The number of nitrogens with zero attached hydrogens (tertiary/aromatic N) is 1. The second-order valence-electron chi connectivity index (χ2n) is 5.21. The summed E-state index contributed by atoms with van der Waals surface area (Å²) in [5, 5.41) is 0. The summed E-state index contributed by atoms with van der Waals surface area (Å²) in [5.41, 5.74) is 7.95. The second kappa shape index (κ2) is 7.49. The van der Waals surface area contributed by atoms with E-state index < -0.39 is 0 Å². The highest BCUT2D eigenvalue weighted by Crippen LogP contribution is 2.27. The first-order valence-corrected chi connectivity index (χ1v) is 7.33. The van der Waals surface area contributed by atoms with Gasteiger partial charge in [0.1, 0.15) is 5.82 Å². The number of anilines is 1. The molecule has 0 aliphatic heterocycles. The first-order valence-electron chi connectivity index (χ1n) is 7.33. The van der Waals surface area contributed by atoms with E-state index >= 15 is 0 Å². The summed E-state index contributed by atoms with van der Waals surface area (Å²) >= 11 is 0. The molecule has 2 nitrogen and oxygen atoms in total. The molecule has 0 fully saturated rings. The SMILES string of the molecule is CCC(CC)CN(CC)c1ccc(F)cc1[C@@H](C)N. The molecule has 2 N–H and O–H groups in total. The van der Waals surface area contributed by atoms with Crippen LogP contribution in [0.2, 0.25) is 0 Å². The van der Waals surface area contributed by atoms with Gasteiger partial charge in [-0.1, -0.05) is 26.7 Å². The molecule has 0 amide bonds. The van der Waals surface area contributed by atoms with Crippen molar-refractivity contribution in [2.24, 2.45) is 11.7 Å². The van der Waals surface area contributed by atoms with Gasteiger partial charge in [0, 0.05) is 24.8 Å². The molecule has 1 aromatic carbocycles. The third-order valence-electron chi connectivity index (χ3n) is 3.84. The van der Waals surface area contributed by atoms with Crippen molar-refractivity contribution in [1.82, 2.24) is 0 Å². The molecule has 0 spiro atoms. The third kappa shape index (κ3) is 4.20. The fourth-order valence-electron chi connectivity index (χ4n) is 2.43. The predicted octanol–water partition coefficient (Wildman–Crippen LogP) is 4.11. The van der Waals surface area contributed by atoms with E-state index in [4.69, 9.17) is 5.73 Å². The molecule has 0 aromatic heterocycles. The van der Waals surface area contributed by atoms with Gasteiger partial charge in [0.25, 0.3) is 0 Å². The zero-order chi connectivity index (χ0) is 14.4. The van der Waals surface area contributed by atoms with Crippen LogP contribution in [-0.4, -0.2) is 13.1 Å². The number of rotatable bonds is 7. The monoisotopic (exact) mass is 266 g/mol. The van der Waals surface area contributed by atoms with Crippen LogP contribution < -0.4 is 10.6 Å². The van der Waals surface area contributed by atoms with Crippen molar-refractivity contribution in [3.8, 4) is 0 Å². The Kier molecular flexibility index (Phi) is 6.29. The summed E-state index contributed by atoms with van der Waals surface area (Å²) < 4.78 is 13.4. The van der Waals surface area contributed by atoms with Crippen LogP contribution in [0.3, 0.4) is 0 Å². The molecular weight excluding hydrogens is 239 g/mol. The third-order valence-corrected chi connectivity index (χ3v) is 3.84. The largest absolute Gasteiger partial charge is 0.371 e. The van der Waals surface area contributed by atoms with Crippen molar-refractivity contribution in [1.29, 1.82) is 0 Å². The molecule has 0 saturated carbocycles. The van der Waals surface area contributed by atoms with Crippen molar-refractivity contribution in [3.05, 3.63) is 29.6 Å². The van der Waals surface area contributed by atoms with Crippen molar-refractivity contribution < 1.29 is 4.39 Å². The van der Waals surface area contributed by atoms with Crippen LogP contribution in [0.1, 0.15) is 52.1 Å². The molecule has 0 aliphatic rings. The van der Waals surface area contributed by atoms with Crippen LogP contribution in [0.15, 0.2) is 18.2 Å². The Balaban J connectivity index is 3.03. The zero-order valence-corrected chi connectivity index (χ0v) is 12.6. The highest BCUT2D eigenvalue weighted by molar-refractivity contribution is 5.55. The second-order valence-corrected chi connectivity index (χ2v) is 5.21. The van der Waals surface area contributed by atoms with Gasteiger partial charge in [-0.15, -0.1) is 0 Å². The molecular formula is C16H27FN2. The maximum atomic E-state index is 13.4. The molecule has 0 bridgehead atoms. The standard InChI is InChI=1S/C16H27FN2/c1-5-13(6-2)11-19(7-3)16-9-8-14(17)10-15(16)12(4)18/h8-10,12-13H,5-7,11,18H2,1-4H3/t12-/m1/s1. The summed E-state index contributed by atoms with van der Waals surface area (Å²) in [6.45, 7) is 10.4. The van der Waals surface area contributed by atoms with Gasteiger partial charge in [0.2, 0.25) is 0 Å². The van der Waals surface area contributed by atoms with Crippen LogP contribution in [0.4, 0.5) is 10.1 Å². The highest BCUT2D eigenvalue weighted by atomic mass is 19.1. The molecule has 0 saturated heterocycles. The number of hydrogen-bond donors (Lipinski definition) is 1. The maximum absolute atomic E-state index is 13.4. The van der Waals surface area contributed by atoms with Gasteiger partial charge < -0.3 is 10.6 Å². The van der Waals surface area contributed by atoms with E-state index in [1.54, 1.807) is 6.07 Å². The number of hydrogen-bond acceptors (Lipinski definition) is 2. The van der Waals surface area contributed by atoms with E-state index in [0.29, 0.717) is 5.92 Å². The smallest absolute Gasteiger partial charge is 0.123 e. The molecule has 0 aliphatic carbocycles. The van der Waals surface area contributed by atoms with Gasteiger partial charge >= 0.3 is 0 Å². The molecule has 19 heavy (non-hydrogen) atoms. The summed E-state index contributed by atoms with van der Waals surface area (Å²) in [6.07, 6.45) is 2.34. The first-order chi connectivity index (χ1) is 9.03. The molecule has 1 aromatic rings. The molecule has 1 rings (SSSR count). The molecule has 0 radical (unpaired) electrons. The van der Waals surface area contributed by atoms with E-state index in [2.05, 4.69) is 25.7 Å². The van der Waals surface area contributed by atoms with E-state index in [1.807, 2.05) is 13.0 Å². The average molecular weight is 266 g/mol. The quantitative estimate of drug-likeness (QED) is 0.804. The van der Waals surface area contributed by atoms with Gasteiger partial charge in [0.15, 0.2) is 0 Å². The van der Waals surface area contributed by atoms with Crippen LogP contribution in [-0.2, 0) is 0 Å². The number of nitrogens with two attached hydrogens (primary N) is 1. The lowest BCUT2D eigenvalue weighted by Gasteiger charge is -2.30. The normalized spacial score (nSPS) is 12.8. The lowest BCUT2D eigenvalue weighted by Crippen LogP contribution is -2.30. The van der Waals surface area contributed by atoms with Gasteiger partial charge in [0.05, 0.1) is 0 Å². The molecule has 108 valence electrons. The van der Waals surface area contributed by atoms with E-state index in [9.17, 15) is 4.39 Å². The lowest BCUT2D eigenvalue weighted by molar-refractivity contribution is 0.485. The van der Waals surface area contributed by atoms with E-state index in [1.165, 1.54) is 18.9 Å². The summed E-state index contributed by atoms with van der Waals surface area (Å²) in [5.74, 6) is 0.459. The minimum Gasteiger partial charge on any atom is -0.371 e. The van der Waals surface area contributed by atoms with Gasteiger partial charge in [-0.3, -0.25) is 0 Å². The zero-order valence-electron chi connectivity index (χ0n) is 12.6. The van der Waals surface area contributed by atoms with Crippen molar-refractivity contribution >= 4 is 5.69 Å². The Morgan fingerprint density at radius 1 is 1.21 bits per heavy atom. The Labute approximate surface area is 116 Å². The average Bonchev–Trinajstić information content (AvgIpc) is 2.40. The van der Waals surface area contributed by atoms with Crippen molar-refractivity contribution in [2.75, 3.05) is 18.0 Å². The Hall–Kier alpha value is -1.09. The van der Waals surface area contributed by atoms with Crippen molar-refractivity contribution in [2.45, 2.75) is 46.6 Å². The minimum atomic E-state index is -0.213. The number of benzene rings is 1. The highest BCUT2D eigenvalue weighted by Gasteiger charge is 2.16. The fourth-order valence-corrected chi connectivity index (χ4v) is 2.43.